The summed E-state index contributed by atoms with van der Waals surface area (Å²) in [6.45, 7) is 26.9. The van der Waals surface area contributed by atoms with Gasteiger partial charge in [-0.2, -0.15) is 0 Å². The van der Waals surface area contributed by atoms with E-state index in [1.807, 2.05) is 83.1 Å². The Balaban J connectivity index is 0. The Kier molecular flexibility index (Phi) is 23.3. The average molecular weight is 601 g/mol. The van der Waals surface area contributed by atoms with Crippen molar-refractivity contribution in [2.24, 2.45) is 30.9 Å². The molecule has 0 aromatic carbocycles. The monoisotopic (exact) mass is 600 g/mol. The van der Waals surface area contributed by atoms with Crippen molar-refractivity contribution in [1.29, 1.82) is 0 Å². The van der Waals surface area contributed by atoms with Crippen LogP contribution in [-0.4, -0.2) is 52.6 Å². The van der Waals surface area contributed by atoms with Gasteiger partial charge < -0.3 is 27.2 Å². The first-order chi connectivity index (χ1) is 19.0. The number of oxime groups is 6. The molecule has 0 aliphatic heterocycles. The van der Waals surface area contributed by atoms with E-state index in [0.717, 1.165) is 72.8 Å². The number of hydrogen-bond donors (Lipinski definition) is 0. The quantitative estimate of drug-likeness (QED) is 0.0878. The molecule has 0 aromatic heterocycles. The molecule has 0 spiro atoms. The van der Waals surface area contributed by atoms with E-state index in [0.29, 0.717) is 0 Å². The predicted octanol–water partition coefficient (Wildman–Crippen LogP) is 7.17. The number of nitrogens with zero attached hydrogens (tertiary/aromatic N) is 6. The third-order valence-electron chi connectivity index (χ3n) is 5.19. The van der Waals surface area contributed by atoms with Crippen molar-refractivity contribution in [2.75, 3.05) is 0 Å². The second kappa shape index (κ2) is 23.8. The van der Waals surface area contributed by atoms with E-state index in [1.54, 1.807) is 0 Å². The van der Waals surface area contributed by atoms with E-state index in [1.165, 1.54) is 5.70 Å². The highest BCUT2D eigenvalue weighted by Crippen LogP contribution is 2.14. The smallest absolute Gasteiger partial charge is 0.375 e. The minimum Gasteiger partial charge on any atom is -0.375 e. The molecule has 0 rings (SSSR count). The first-order valence-corrected chi connectivity index (χ1v) is 17.0. The SMILES string of the molecule is C=C[Si](ON=C(C)CC)(ON=C(C)CC)ON=C(C)CC.CCC(C)=NO[SiH](ON=C(C)CC)ON=C(C)CC. The zero-order chi connectivity index (χ0) is 31.0. The molecule has 12 nitrogen and oxygen atoms in total. The van der Waals surface area contributed by atoms with Crippen LogP contribution in [0.3, 0.4) is 0 Å². The van der Waals surface area contributed by atoms with E-state index in [4.69, 9.17) is 27.2 Å². The maximum atomic E-state index is 5.47. The number of hydrogen-bond acceptors (Lipinski definition) is 12. The highest BCUT2D eigenvalue weighted by Gasteiger charge is 2.48. The van der Waals surface area contributed by atoms with Gasteiger partial charge in [-0.05, 0) is 80.1 Å². The molecule has 0 N–H and O–H groups in total. The van der Waals surface area contributed by atoms with Crippen LogP contribution in [0.1, 0.15) is 122 Å². The fourth-order valence-corrected chi connectivity index (χ4v) is 3.52. The lowest BCUT2D eigenvalue weighted by molar-refractivity contribution is 0.0785. The molecule has 0 unspecified atom stereocenters. The van der Waals surface area contributed by atoms with Gasteiger partial charge in [0.2, 0.25) is 0 Å². The third-order valence-corrected chi connectivity index (χ3v) is 7.56. The van der Waals surface area contributed by atoms with Crippen LogP contribution in [0.4, 0.5) is 0 Å². The van der Waals surface area contributed by atoms with Crippen molar-refractivity contribution in [3.8, 4) is 0 Å². The second-order valence-corrected chi connectivity index (χ2v) is 12.1. The molecule has 0 aliphatic rings. The molecular weight excluding hydrogens is 548 g/mol. The first-order valence-electron chi connectivity index (χ1n) is 13.8. The summed E-state index contributed by atoms with van der Waals surface area (Å²) in [5.74, 6) is 0. The highest BCUT2D eigenvalue weighted by molar-refractivity contribution is 6.66. The fraction of sp³-hybridized carbons (Fsp3) is 0.692. The molecule has 0 saturated heterocycles. The van der Waals surface area contributed by atoms with E-state index in [9.17, 15) is 0 Å². The molecule has 0 radical (unpaired) electrons. The predicted molar refractivity (Wildman–Crippen MR) is 170 cm³/mol. The minimum absolute atomic E-state index is 0.774. The van der Waals surface area contributed by atoms with Crippen LogP contribution in [0, 0.1) is 0 Å². The normalized spacial score (nSPS) is 15.7. The van der Waals surface area contributed by atoms with E-state index < -0.39 is 18.3 Å². The Labute approximate surface area is 244 Å². The van der Waals surface area contributed by atoms with Crippen molar-refractivity contribution in [2.45, 2.75) is 122 Å². The molecule has 0 atom stereocenters. The summed E-state index contributed by atoms with van der Waals surface area (Å²) in [5.41, 5.74) is 6.57. The molecule has 0 amide bonds. The average Bonchev–Trinajstić information content (AvgIpc) is 2.99. The topological polar surface area (TPSA) is 130 Å². The van der Waals surface area contributed by atoms with Gasteiger partial charge >= 0.3 is 18.3 Å². The Morgan fingerprint density at radius 2 is 0.725 bits per heavy atom. The summed E-state index contributed by atoms with van der Waals surface area (Å²) in [5, 5.41) is 23.9. The summed E-state index contributed by atoms with van der Waals surface area (Å²) >= 11 is 0. The highest BCUT2D eigenvalue weighted by atomic mass is 28.4. The van der Waals surface area contributed by atoms with Crippen LogP contribution in [0.5, 0.6) is 0 Å². The molecule has 0 aromatic rings. The first kappa shape index (κ1) is 39.1. The van der Waals surface area contributed by atoms with Gasteiger partial charge in [-0.3, -0.25) is 0 Å². The molecule has 0 aliphatic carbocycles. The largest absolute Gasteiger partial charge is 0.791 e. The molecule has 14 heteroatoms. The Morgan fingerprint density at radius 1 is 0.500 bits per heavy atom. The van der Waals surface area contributed by atoms with Crippen molar-refractivity contribution < 1.29 is 27.2 Å². The summed E-state index contributed by atoms with van der Waals surface area (Å²) in [6, 6.07) is 0. The Bertz CT molecular complexity index is 799. The van der Waals surface area contributed by atoms with Crippen molar-refractivity contribution >= 4 is 52.6 Å². The third kappa shape index (κ3) is 20.0. The van der Waals surface area contributed by atoms with Crippen molar-refractivity contribution in [3.63, 3.8) is 0 Å². The van der Waals surface area contributed by atoms with Crippen LogP contribution in [0.25, 0.3) is 0 Å². The van der Waals surface area contributed by atoms with Gasteiger partial charge in [-0.15, -0.1) is 30.9 Å². The lowest BCUT2D eigenvalue weighted by Crippen LogP contribution is -2.40. The molecule has 0 saturated carbocycles. The number of rotatable bonds is 19. The van der Waals surface area contributed by atoms with Gasteiger partial charge in [0.15, 0.2) is 0 Å². The summed E-state index contributed by atoms with van der Waals surface area (Å²) < 4.78 is 32.2. The van der Waals surface area contributed by atoms with Crippen LogP contribution < -0.4 is 0 Å². The van der Waals surface area contributed by atoms with E-state index in [2.05, 4.69) is 37.5 Å². The maximum absolute atomic E-state index is 5.47. The molecule has 0 bridgehead atoms. The van der Waals surface area contributed by atoms with Gasteiger partial charge in [0.1, 0.15) is 0 Å². The van der Waals surface area contributed by atoms with Gasteiger partial charge in [0.05, 0.1) is 34.3 Å². The summed E-state index contributed by atoms with van der Waals surface area (Å²) in [4.78, 5) is 0. The molecule has 0 heterocycles. The molecule has 40 heavy (non-hydrogen) atoms. The lowest BCUT2D eigenvalue weighted by atomic mass is 10.3. The molecule has 230 valence electrons. The second-order valence-electron chi connectivity index (χ2n) is 8.77. The van der Waals surface area contributed by atoms with Gasteiger partial charge in [-0.1, -0.05) is 48.1 Å². The van der Waals surface area contributed by atoms with E-state index in [-0.39, 0.29) is 0 Å². The Morgan fingerprint density at radius 3 is 0.925 bits per heavy atom. The standard InChI is InChI=1S/C14H27N3O3Si.C12H25N3O3Si/c1-8-12(5)15-18-21(11-4,19-16-13(6)9-2)20-17-14(7)10-3;1-7-10(4)13-16-19(17-14-11(5)8-2)18-15-12(6)9-3/h11H,4,8-10H2,1-3,5-7H3;19H,7-9H2,1-6H3. The van der Waals surface area contributed by atoms with Crippen LogP contribution in [0.15, 0.2) is 43.2 Å². The van der Waals surface area contributed by atoms with Crippen LogP contribution in [-0.2, 0) is 27.2 Å². The van der Waals surface area contributed by atoms with Gasteiger partial charge in [0.25, 0.3) is 0 Å². The van der Waals surface area contributed by atoms with Crippen LogP contribution >= 0.6 is 0 Å². The summed E-state index contributed by atoms with van der Waals surface area (Å²) in [6.07, 6.45) is 4.77. The Hall–Kier alpha value is -3.01. The zero-order valence-corrected chi connectivity index (χ0v) is 28.9. The van der Waals surface area contributed by atoms with Crippen molar-refractivity contribution in [3.05, 3.63) is 12.3 Å². The van der Waals surface area contributed by atoms with Gasteiger partial charge in [-0.25, -0.2) is 0 Å². The lowest BCUT2D eigenvalue weighted by Gasteiger charge is -2.19. The minimum atomic E-state index is -3.31. The van der Waals surface area contributed by atoms with Crippen molar-refractivity contribution in [1.82, 2.24) is 0 Å². The van der Waals surface area contributed by atoms with E-state index >= 15 is 0 Å². The molecular formula is C26H52N6O6Si2. The van der Waals surface area contributed by atoms with Crippen LogP contribution in [0.2, 0.25) is 0 Å². The maximum Gasteiger partial charge on any atom is 0.791 e. The molecule has 0 fully saturated rings. The fourth-order valence-electron chi connectivity index (χ4n) is 1.43. The zero-order valence-electron chi connectivity index (χ0n) is 26.7. The summed E-state index contributed by atoms with van der Waals surface area (Å²) in [7, 11) is -5.81. The van der Waals surface area contributed by atoms with Gasteiger partial charge in [0, 0.05) is 5.70 Å².